The number of nitrogens with zero attached hydrogens (tertiary/aromatic N) is 2. The minimum Gasteiger partial charge on any atom is -0.477 e. The summed E-state index contributed by atoms with van der Waals surface area (Å²) in [4.78, 5) is 29.7. The number of carboxylic acid groups (broad SMARTS) is 1. The molecule has 2 rings (SSSR count). The van der Waals surface area contributed by atoms with Gasteiger partial charge in [0.25, 0.3) is 0 Å². The van der Waals surface area contributed by atoms with Crippen molar-refractivity contribution in [2.45, 2.75) is 6.92 Å². The maximum atomic E-state index is 11.1. The second-order valence-corrected chi connectivity index (χ2v) is 3.83. The Balaban J connectivity index is 2.19. The van der Waals surface area contributed by atoms with Gasteiger partial charge in [0.1, 0.15) is 0 Å². The third kappa shape index (κ3) is 3.12. The van der Waals surface area contributed by atoms with Gasteiger partial charge in [-0.3, -0.25) is 4.79 Å². The summed E-state index contributed by atoms with van der Waals surface area (Å²) in [6.45, 7) is 1.49. The van der Waals surface area contributed by atoms with E-state index in [0.29, 0.717) is 11.3 Å². The molecule has 0 radical (unpaired) electrons. The molecule has 0 amide bonds. The first-order valence-electron chi connectivity index (χ1n) is 5.50. The summed E-state index contributed by atoms with van der Waals surface area (Å²) in [5, 5.41) is 11.7. The average molecular weight is 257 g/mol. The van der Waals surface area contributed by atoms with E-state index in [9.17, 15) is 9.59 Å². The number of anilines is 2. The second-order valence-electron chi connectivity index (χ2n) is 3.83. The molecular formula is C13H11N3O3. The highest BCUT2D eigenvalue weighted by molar-refractivity contribution is 5.94. The Bertz CT molecular complexity index is 623. The van der Waals surface area contributed by atoms with Crippen LogP contribution in [-0.2, 0) is 0 Å². The van der Waals surface area contributed by atoms with Crippen molar-refractivity contribution in [3.8, 4) is 0 Å². The van der Waals surface area contributed by atoms with Crippen molar-refractivity contribution < 1.29 is 14.7 Å². The molecule has 0 fully saturated rings. The molecule has 1 aromatic heterocycles. The molecule has 0 bridgehead atoms. The number of carbonyl (C=O) groups excluding carboxylic acids is 1. The minimum absolute atomic E-state index is 0.0179. The highest BCUT2D eigenvalue weighted by atomic mass is 16.4. The maximum absolute atomic E-state index is 11.1. The SMILES string of the molecule is CC(=O)c1ccc(Nc2nccc(C(=O)O)n2)cc1. The van der Waals surface area contributed by atoms with Crippen molar-refractivity contribution in [1.29, 1.82) is 0 Å². The topological polar surface area (TPSA) is 92.2 Å². The Hall–Kier alpha value is -2.76. The smallest absolute Gasteiger partial charge is 0.354 e. The lowest BCUT2D eigenvalue weighted by molar-refractivity contribution is 0.0690. The Morgan fingerprint density at radius 1 is 1.16 bits per heavy atom. The number of rotatable bonds is 4. The molecular weight excluding hydrogens is 246 g/mol. The van der Waals surface area contributed by atoms with E-state index in [2.05, 4.69) is 15.3 Å². The van der Waals surface area contributed by atoms with E-state index >= 15 is 0 Å². The van der Waals surface area contributed by atoms with Gasteiger partial charge in [0.2, 0.25) is 5.95 Å². The first-order valence-corrected chi connectivity index (χ1v) is 5.50. The average Bonchev–Trinajstić information content (AvgIpc) is 2.39. The number of hydrogen-bond acceptors (Lipinski definition) is 5. The highest BCUT2D eigenvalue weighted by Crippen LogP contribution is 2.14. The van der Waals surface area contributed by atoms with Crippen LogP contribution in [0.2, 0.25) is 0 Å². The van der Waals surface area contributed by atoms with Crippen LogP contribution >= 0.6 is 0 Å². The van der Waals surface area contributed by atoms with E-state index in [4.69, 9.17) is 5.11 Å². The van der Waals surface area contributed by atoms with Crippen molar-refractivity contribution in [3.05, 3.63) is 47.8 Å². The van der Waals surface area contributed by atoms with Crippen molar-refractivity contribution >= 4 is 23.4 Å². The molecule has 2 aromatic rings. The van der Waals surface area contributed by atoms with E-state index in [-0.39, 0.29) is 17.4 Å². The zero-order valence-electron chi connectivity index (χ0n) is 10.1. The highest BCUT2D eigenvalue weighted by Gasteiger charge is 2.06. The van der Waals surface area contributed by atoms with Crippen LogP contribution in [0.5, 0.6) is 0 Å². The van der Waals surface area contributed by atoms with Gasteiger partial charge < -0.3 is 10.4 Å². The zero-order valence-corrected chi connectivity index (χ0v) is 10.1. The molecule has 6 nitrogen and oxygen atoms in total. The molecule has 2 N–H and O–H groups in total. The molecule has 6 heteroatoms. The Morgan fingerprint density at radius 3 is 2.42 bits per heavy atom. The molecule has 0 unspecified atom stereocenters. The molecule has 0 aliphatic carbocycles. The van der Waals surface area contributed by atoms with Crippen LogP contribution < -0.4 is 5.32 Å². The van der Waals surface area contributed by atoms with E-state index in [1.54, 1.807) is 24.3 Å². The number of benzene rings is 1. The van der Waals surface area contributed by atoms with E-state index < -0.39 is 5.97 Å². The fourth-order valence-electron chi connectivity index (χ4n) is 1.46. The third-order valence-corrected chi connectivity index (χ3v) is 2.42. The summed E-state index contributed by atoms with van der Waals surface area (Å²) < 4.78 is 0. The summed E-state index contributed by atoms with van der Waals surface area (Å²) >= 11 is 0. The number of aromatic nitrogens is 2. The molecule has 1 heterocycles. The predicted octanol–water partition coefficient (Wildman–Crippen LogP) is 2.12. The molecule has 0 aliphatic rings. The predicted molar refractivity (Wildman–Crippen MR) is 68.7 cm³/mol. The van der Waals surface area contributed by atoms with E-state index in [1.165, 1.54) is 19.2 Å². The van der Waals surface area contributed by atoms with Gasteiger partial charge in [-0.05, 0) is 37.3 Å². The molecule has 0 atom stereocenters. The molecule has 19 heavy (non-hydrogen) atoms. The molecule has 1 aromatic carbocycles. The number of carbonyl (C=O) groups is 2. The number of nitrogens with one attached hydrogen (secondary N) is 1. The summed E-state index contributed by atoms with van der Waals surface area (Å²) in [6.07, 6.45) is 1.36. The second kappa shape index (κ2) is 5.26. The van der Waals surface area contributed by atoms with Crippen molar-refractivity contribution in [3.63, 3.8) is 0 Å². The van der Waals surface area contributed by atoms with Crippen LogP contribution in [0.1, 0.15) is 27.8 Å². The zero-order chi connectivity index (χ0) is 13.8. The van der Waals surface area contributed by atoms with Crippen molar-refractivity contribution in [1.82, 2.24) is 9.97 Å². The van der Waals surface area contributed by atoms with Gasteiger partial charge in [0, 0.05) is 17.4 Å². The van der Waals surface area contributed by atoms with Crippen molar-refractivity contribution in [2.75, 3.05) is 5.32 Å². The van der Waals surface area contributed by atoms with Crippen LogP contribution in [0.15, 0.2) is 36.5 Å². The van der Waals surface area contributed by atoms with Crippen LogP contribution in [0.3, 0.4) is 0 Å². The molecule has 96 valence electrons. The number of Topliss-reactive ketones (excluding diaryl/α,β-unsaturated/α-hetero) is 1. The first-order chi connectivity index (χ1) is 9.06. The summed E-state index contributed by atoms with van der Waals surface area (Å²) in [7, 11) is 0. The van der Waals surface area contributed by atoms with Crippen LogP contribution in [0, 0.1) is 0 Å². The Morgan fingerprint density at radius 2 is 1.84 bits per heavy atom. The van der Waals surface area contributed by atoms with Gasteiger partial charge in [-0.15, -0.1) is 0 Å². The van der Waals surface area contributed by atoms with E-state index in [0.717, 1.165) is 0 Å². The quantitative estimate of drug-likeness (QED) is 0.815. The largest absolute Gasteiger partial charge is 0.477 e. The molecule has 0 aliphatic heterocycles. The lowest BCUT2D eigenvalue weighted by Gasteiger charge is -2.05. The van der Waals surface area contributed by atoms with Gasteiger partial charge in [-0.2, -0.15) is 0 Å². The number of hydrogen-bond donors (Lipinski definition) is 2. The fraction of sp³-hybridized carbons (Fsp3) is 0.0769. The Labute approximate surface area is 109 Å². The monoisotopic (exact) mass is 257 g/mol. The van der Waals surface area contributed by atoms with Crippen LogP contribution in [0.4, 0.5) is 11.6 Å². The van der Waals surface area contributed by atoms with Gasteiger partial charge in [0.05, 0.1) is 0 Å². The lowest BCUT2D eigenvalue weighted by Crippen LogP contribution is -2.04. The molecule has 0 spiro atoms. The lowest BCUT2D eigenvalue weighted by atomic mass is 10.1. The summed E-state index contributed by atoms with van der Waals surface area (Å²) in [5.41, 5.74) is 1.19. The van der Waals surface area contributed by atoms with E-state index in [1.807, 2.05) is 0 Å². The summed E-state index contributed by atoms with van der Waals surface area (Å²) in [6, 6.07) is 8.06. The van der Waals surface area contributed by atoms with Crippen LogP contribution in [-0.4, -0.2) is 26.8 Å². The fourth-order valence-corrected chi connectivity index (χ4v) is 1.46. The number of aromatic carboxylic acids is 1. The molecule has 0 saturated carbocycles. The standard InChI is InChI=1S/C13H11N3O3/c1-8(17)9-2-4-10(5-3-9)15-13-14-7-6-11(16-13)12(18)19/h2-7H,1H3,(H,18,19)(H,14,15,16). The normalized spacial score (nSPS) is 9.95. The van der Waals surface area contributed by atoms with Gasteiger partial charge in [-0.1, -0.05) is 0 Å². The first kappa shape index (κ1) is 12.7. The third-order valence-electron chi connectivity index (χ3n) is 2.42. The van der Waals surface area contributed by atoms with Crippen molar-refractivity contribution in [2.24, 2.45) is 0 Å². The number of carboxylic acids is 1. The van der Waals surface area contributed by atoms with Crippen LogP contribution in [0.25, 0.3) is 0 Å². The minimum atomic E-state index is -1.11. The number of ketones is 1. The Kier molecular flexibility index (Phi) is 3.51. The van der Waals surface area contributed by atoms with Gasteiger partial charge in [0.15, 0.2) is 11.5 Å². The summed E-state index contributed by atoms with van der Waals surface area (Å²) in [5.74, 6) is -0.941. The van der Waals surface area contributed by atoms with Gasteiger partial charge in [-0.25, -0.2) is 14.8 Å². The maximum Gasteiger partial charge on any atom is 0.354 e. The van der Waals surface area contributed by atoms with Gasteiger partial charge >= 0.3 is 5.97 Å². The molecule has 0 saturated heterocycles.